The predicted molar refractivity (Wildman–Crippen MR) is 130 cm³/mol. The Morgan fingerprint density at radius 2 is 1.69 bits per heavy atom. The average molecular weight is 465 g/mol. The van der Waals surface area contributed by atoms with E-state index in [1.54, 1.807) is 13.2 Å². The van der Waals surface area contributed by atoms with Crippen molar-refractivity contribution in [1.82, 2.24) is 0 Å². The molecule has 0 amide bonds. The third kappa shape index (κ3) is 3.85. The lowest BCUT2D eigenvalue weighted by Gasteiger charge is -2.30. The van der Waals surface area contributed by atoms with Gasteiger partial charge in [-0.25, -0.2) is 0 Å². The Kier molecular flexibility index (Phi) is 5.58. The molecule has 0 fully saturated rings. The molecule has 0 saturated heterocycles. The van der Waals surface area contributed by atoms with Crippen LogP contribution < -0.4 is 15.4 Å². The van der Waals surface area contributed by atoms with Crippen LogP contribution in [0.1, 0.15) is 35.9 Å². The summed E-state index contributed by atoms with van der Waals surface area (Å²) in [6, 6.07) is 21.0. The third-order valence-electron chi connectivity index (χ3n) is 6.17. The molecule has 0 aromatic heterocycles. The molecule has 2 aliphatic rings. The van der Waals surface area contributed by atoms with Crippen LogP contribution in [0.3, 0.4) is 0 Å². The van der Waals surface area contributed by atoms with E-state index in [1.807, 2.05) is 60.7 Å². The fraction of sp³-hybridized carbons (Fsp3) is 0.192. The number of carbonyl (C=O) groups excluding carboxylic acids is 1. The number of ketones is 1. The number of nitrogens with one attached hydrogen (secondary N) is 2. The molecule has 1 heterocycles. The number of rotatable bonds is 3. The van der Waals surface area contributed by atoms with Gasteiger partial charge in [0, 0.05) is 27.7 Å². The fourth-order valence-electron chi connectivity index (χ4n) is 4.57. The van der Waals surface area contributed by atoms with Crippen LogP contribution in [-0.2, 0) is 4.79 Å². The Morgan fingerprint density at radius 3 is 2.41 bits per heavy atom. The van der Waals surface area contributed by atoms with Gasteiger partial charge in [0.1, 0.15) is 5.75 Å². The fourth-order valence-corrected chi connectivity index (χ4v) is 5.09. The molecular formula is C26H22Cl2N2O2. The normalized spacial score (nSPS) is 19.9. The highest BCUT2D eigenvalue weighted by Crippen LogP contribution is 2.45. The third-order valence-corrected chi connectivity index (χ3v) is 6.73. The number of para-hydroxylation sites is 2. The summed E-state index contributed by atoms with van der Waals surface area (Å²) in [7, 11) is 1.65. The van der Waals surface area contributed by atoms with E-state index in [0.717, 1.165) is 45.9 Å². The SMILES string of the molecule is COc1ccc([C@H]2CC(=O)C3=C(C2)Nc2ccccc2N[C@H]3c2ccc(Cl)cc2Cl)cc1. The van der Waals surface area contributed by atoms with Crippen molar-refractivity contribution in [1.29, 1.82) is 0 Å². The second-order valence-corrected chi connectivity index (χ2v) is 8.95. The van der Waals surface area contributed by atoms with Gasteiger partial charge in [-0.3, -0.25) is 4.79 Å². The van der Waals surface area contributed by atoms with Crippen molar-refractivity contribution in [2.75, 3.05) is 17.7 Å². The Hall–Kier alpha value is -2.95. The minimum Gasteiger partial charge on any atom is -0.497 e. The second-order valence-electron chi connectivity index (χ2n) is 8.11. The van der Waals surface area contributed by atoms with Gasteiger partial charge < -0.3 is 15.4 Å². The molecule has 0 bridgehead atoms. The molecule has 3 aromatic carbocycles. The molecule has 2 N–H and O–H groups in total. The largest absolute Gasteiger partial charge is 0.497 e. The number of allylic oxidation sites excluding steroid dienone is 1. The van der Waals surface area contributed by atoms with Gasteiger partial charge in [-0.05, 0) is 59.9 Å². The molecule has 0 spiro atoms. The molecule has 0 unspecified atom stereocenters. The number of halogens is 2. The maximum atomic E-state index is 13.6. The first-order valence-corrected chi connectivity index (χ1v) is 11.3. The van der Waals surface area contributed by atoms with Crippen LogP contribution in [-0.4, -0.2) is 12.9 Å². The molecule has 3 aromatic rings. The van der Waals surface area contributed by atoms with Crippen molar-refractivity contribution in [2.45, 2.75) is 24.8 Å². The summed E-state index contributed by atoms with van der Waals surface area (Å²) in [5.74, 6) is 1.00. The van der Waals surface area contributed by atoms with Gasteiger partial charge >= 0.3 is 0 Å². The van der Waals surface area contributed by atoms with Gasteiger partial charge in [0.2, 0.25) is 0 Å². The minimum absolute atomic E-state index is 0.0891. The van der Waals surface area contributed by atoms with E-state index in [9.17, 15) is 4.79 Å². The second kappa shape index (κ2) is 8.53. The summed E-state index contributed by atoms with van der Waals surface area (Å²) in [4.78, 5) is 13.6. The smallest absolute Gasteiger partial charge is 0.163 e. The van der Waals surface area contributed by atoms with E-state index in [-0.39, 0.29) is 17.7 Å². The summed E-state index contributed by atoms with van der Waals surface area (Å²) in [5.41, 5.74) is 5.48. The van der Waals surface area contributed by atoms with E-state index in [4.69, 9.17) is 27.9 Å². The number of ether oxygens (including phenoxy) is 1. The quantitative estimate of drug-likeness (QED) is 0.438. The minimum atomic E-state index is -0.366. The lowest BCUT2D eigenvalue weighted by molar-refractivity contribution is -0.116. The number of hydrogen-bond donors (Lipinski definition) is 2. The lowest BCUT2D eigenvalue weighted by atomic mass is 9.78. The molecule has 0 saturated carbocycles. The molecule has 4 nitrogen and oxygen atoms in total. The summed E-state index contributed by atoms with van der Waals surface area (Å²) < 4.78 is 5.28. The van der Waals surface area contributed by atoms with Gasteiger partial charge in [-0.1, -0.05) is 53.5 Å². The van der Waals surface area contributed by atoms with Crippen molar-refractivity contribution in [3.8, 4) is 5.75 Å². The van der Waals surface area contributed by atoms with Gasteiger partial charge in [0.05, 0.1) is 24.5 Å². The monoisotopic (exact) mass is 464 g/mol. The number of fused-ring (bicyclic) bond motifs is 1. The zero-order chi connectivity index (χ0) is 22.2. The van der Waals surface area contributed by atoms with Crippen molar-refractivity contribution in [3.63, 3.8) is 0 Å². The standard InChI is InChI=1S/C26H22Cl2N2O2/c1-32-18-9-6-15(7-10-18)16-12-23-25(24(31)13-16)26(19-11-8-17(27)14-20(19)28)30-22-5-3-2-4-21(22)29-23/h2-11,14,16,26,29-30H,12-13H2,1H3/t16-,26+/m1/s1. The number of methoxy groups -OCH3 is 1. The number of hydrogen-bond acceptors (Lipinski definition) is 4. The number of anilines is 2. The molecule has 162 valence electrons. The maximum absolute atomic E-state index is 13.6. The highest BCUT2D eigenvalue weighted by molar-refractivity contribution is 6.35. The van der Waals surface area contributed by atoms with Gasteiger partial charge in [-0.15, -0.1) is 0 Å². The van der Waals surface area contributed by atoms with E-state index < -0.39 is 0 Å². The predicted octanol–water partition coefficient (Wildman–Crippen LogP) is 6.98. The van der Waals surface area contributed by atoms with E-state index in [0.29, 0.717) is 16.5 Å². The molecule has 1 aliphatic carbocycles. The molecule has 6 heteroatoms. The van der Waals surface area contributed by atoms with Gasteiger partial charge in [0.25, 0.3) is 0 Å². The van der Waals surface area contributed by atoms with Crippen LogP contribution in [0.5, 0.6) is 5.75 Å². The van der Waals surface area contributed by atoms with E-state index >= 15 is 0 Å². The summed E-state index contributed by atoms with van der Waals surface area (Å²) in [5, 5.41) is 8.20. The zero-order valence-electron chi connectivity index (χ0n) is 17.5. The summed E-state index contributed by atoms with van der Waals surface area (Å²) in [6.07, 6.45) is 1.16. The topological polar surface area (TPSA) is 50.4 Å². The molecule has 1 aliphatic heterocycles. The number of carbonyl (C=O) groups is 1. The van der Waals surface area contributed by atoms with Crippen molar-refractivity contribution >= 4 is 40.4 Å². The first-order chi connectivity index (χ1) is 15.5. The first kappa shape index (κ1) is 20.9. The zero-order valence-corrected chi connectivity index (χ0v) is 19.0. The Balaban J connectivity index is 1.60. The highest BCUT2D eigenvalue weighted by Gasteiger charge is 2.36. The van der Waals surface area contributed by atoms with Crippen molar-refractivity contribution in [3.05, 3.63) is 99.2 Å². The van der Waals surface area contributed by atoms with Crippen LogP contribution in [0.15, 0.2) is 78.0 Å². The number of Topliss-reactive ketones (excluding diaryl/α,β-unsaturated/α-hetero) is 1. The summed E-state index contributed by atoms with van der Waals surface area (Å²) in [6.45, 7) is 0. The van der Waals surface area contributed by atoms with Crippen molar-refractivity contribution < 1.29 is 9.53 Å². The molecule has 5 rings (SSSR count). The lowest BCUT2D eigenvalue weighted by Crippen LogP contribution is -2.27. The van der Waals surface area contributed by atoms with E-state index in [1.165, 1.54) is 0 Å². The summed E-state index contributed by atoms with van der Waals surface area (Å²) >= 11 is 12.7. The van der Waals surface area contributed by atoms with E-state index in [2.05, 4.69) is 10.6 Å². The first-order valence-electron chi connectivity index (χ1n) is 10.5. The Bertz CT molecular complexity index is 1220. The van der Waals surface area contributed by atoms with Gasteiger partial charge in [0.15, 0.2) is 5.78 Å². The molecule has 0 radical (unpaired) electrons. The van der Waals surface area contributed by atoms with Crippen LogP contribution in [0, 0.1) is 0 Å². The maximum Gasteiger partial charge on any atom is 0.163 e. The highest BCUT2D eigenvalue weighted by atomic mass is 35.5. The van der Waals surface area contributed by atoms with Gasteiger partial charge in [-0.2, -0.15) is 0 Å². The average Bonchev–Trinajstić information content (AvgIpc) is 2.96. The molecule has 32 heavy (non-hydrogen) atoms. The van der Waals surface area contributed by atoms with Crippen LogP contribution in [0.4, 0.5) is 11.4 Å². The van der Waals surface area contributed by atoms with Crippen LogP contribution in [0.2, 0.25) is 10.0 Å². The van der Waals surface area contributed by atoms with Crippen molar-refractivity contribution in [2.24, 2.45) is 0 Å². The molecule has 2 atom stereocenters. The molecular weight excluding hydrogens is 443 g/mol. The van der Waals surface area contributed by atoms with Crippen LogP contribution >= 0.6 is 23.2 Å². The number of benzene rings is 3. The Labute approximate surface area is 197 Å². The Morgan fingerprint density at radius 1 is 0.938 bits per heavy atom. The van der Waals surface area contributed by atoms with Crippen LogP contribution in [0.25, 0.3) is 0 Å².